The Morgan fingerprint density at radius 3 is 1.11 bits per heavy atom. The van der Waals surface area contributed by atoms with Crippen LogP contribution in [0.25, 0.3) is 0 Å². The molecular formula is C48H86O6. The van der Waals surface area contributed by atoms with E-state index in [9.17, 15) is 14.4 Å². The second kappa shape index (κ2) is 43.4. The van der Waals surface area contributed by atoms with Crippen molar-refractivity contribution in [2.45, 2.75) is 239 Å². The van der Waals surface area contributed by atoms with Crippen LogP contribution < -0.4 is 0 Å². The molecule has 0 fully saturated rings. The molecule has 0 N–H and O–H groups in total. The number of carbonyl (C=O) groups is 3. The molecule has 0 rings (SSSR count). The molecule has 0 aromatic carbocycles. The SMILES string of the molecule is CCC/C=C\C/C=C\CCCCCCCC(=O)OC(COC(=O)CCCCCCCC)COC(=O)CCCCCCCCC/C=C\CCCCCCCC. The Morgan fingerprint density at radius 1 is 0.370 bits per heavy atom. The fourth-order valence-corrected chi connectivity index (χ4v) is 6.36. The highest BCUT2D eigenvalue weighted by molar-refractivity contribution is 5.71. The standard InChI is InChI=1S/C48H86O6/c1-4-7-10-13-16-18-20-22-23-24-25-27-28-30-32-35-38-41-47(50)53-44-45(43-52-46(49)40-37-34-15-12-9-6-3)54-48(51)42-39-36-33-31-29-26-21-19-17-14-11-8-5-2/h11,14,19,21-23,45H,4-10,12-13,15-18,20,24-44H2,1-3H3/b14-11-,21-19-,23-22-. The first-order valence-electron chi connectivity index (χ1n) is 23.0. The van der Waals surface area contributed by atoms with Crippen LogP contribution in [-0.4, -0.2) is 37.2 Å². The third-order valence-electron chi connectivity index (χ3n) is 9.85. The summed E-state index contributed by atoms with van der Waals surface area (Å²) in [7, 11) is 0. The highest BCUT2D eigenvalue weighted by atomic mass is 16.6. The van der Waals surface area contributed by atoms with Crippen LogP contribution in [0.3, 0.4) is 0 Å². The van der Waals surface area contributed by atoms with Crippen molar-refractivity contribution in [1.29, 1.82) is 0 Å². The average molecular weight is 759 g/mol. The normalized spacial score (nSPS) is 12.3. The van der Waals surface area contributed by atoms with Crippen LogP contribution in [0, 0.1) is 0 Å². The van der Waals surface area contributed by atoms with E-state index in [4.69, 9.17) is 14.2 Å². The van der Waals surface area contributed by atoms with E-state index in [0.29, 0.717) is 19.3 Å². The molecule has 0 saturated carbocycles. The van der Waals surface area contributed by atoms with E-state index >= 15 is 0 Å². The molecule has 54 heavy (non-hydrogen) atoms. The zero-order valence-corrected chi connectivity index (χ0v) is 35.7. The maximum atomic E-state index is 12.7. The molecule has 0 aliphatic heterocycles. The third kappa shape index (κ3) is 40.8. The molecule has 0 aliphatic rings. The summed E-state index contributed by atoms with van der Waals surface area (Å²) in [5.74, 6) is -0.906. The lowest BCUT2D eigenvalue weighted by Gasteiger charge is -2.18. The summed E-state index contributed by atoms with van der Waals surface area (Å²) in [4.78, 5) is 37.5. The van der Waals surface area contributed by atoms with E-state index < -0.39 is 6.10 Å². The molecule has 6 heteroatoms. The molecule has 0 bridgehead atoms. The van der Waals surface area contributed by atoms with Crippen LogP contribution >= 0.6 is 0 Å². The molecule has 0 radical (unpaired) electrons. The van der Waals surface area contributed by atoms with Gasteiger partial charge in [-0.1, -0.05) is 179 Å². The summed E-state index contributed by atoms with van der Waals surface area (Å²) < 4.78 is 16.6. The van der Waals surface area contributed by atoms with Crippen molar-refractivity contribution in [1.82, 2.24) is 0 Å². The Bertz CT molecular complexity index is 922. The van der Waals surface area contributed by atoms with Crippen LogP contribution in [0.5, 0.6) is 0 Å². The predicted molar refractivity (Wildman–Crippen MR) is 229 cm³/mol. The van der Waals surface area contributed by atoms with Crippen molar-refractivity contribution in [3.05, 3.63) is 36.5 Å². The van der Waals surface area contributed by atoms with Crippen molar-refractivity contribution < 1.29 is 28.6 Å². The molecular weight excluding hydrogens is 673 g/mol. The minimum Gasteiger partial charge on any atom is -0.462 e. The Labute approximate surface area is 334 Å². The summed E-state index contributed by atoms with van der Waals surface area (Å²) in [5, 5.41) is 0. The molecule has 0 saturated heterocycles. The lowest BCUT2D eigenvalue weighted by Crippen LogP contribution is -2.30. The first-order valence-corrected chi connectivity index (χ1v) is 23.0. The van der Waals surface area contributed by atoms with Gasteiger partial charge in [-0.2, -0.15) is 0 Å². The van der Waals surface area contributed by atoms with E-state index in [2.05, 4.69) is 57.2 Å². The number of hydrogen-bond acceptors (Lipinski definition) is 6. The van der Waals surface area contributed by atoms with Crippen LogP contribution in [0.4, 0.5) is 0 Å². The smallest absolute Gasteiger partial charge is 0.306 e. The minimum absolute atomic E-state index is 0.0789. The topological polar surface area (TPSA) is 78.9 Å². The van der Waals surface area contributed by atoms with Gasteiger partial charge in [0.05, 0.1) is 0 Å². The van der Waals surface area contributed by atoms with Crippen molar-refractivity contribution in [3.8, 4) is 0 Å². The molecule has 0 aliphatic carbocycles. The lowest BCUT2D eigenvalue weighted by atomic mass is 10.1. The Kier molecular flexibility index (Phi) is 41.5. The molecule has 0 aromatic heterocycles. The Hall–Kier alpha value is -2.37. The second-order valence-electron chi connectivity index (χ2n) is 15.3. The van der Waals surface area contributed by atoms with Crippen molar-refractivity contribution in [2.24, 2.45) is 0 Å². The van der Waals surface area contributed by atoms with E-state index in [1.807, 2.05) is 0 Å². The van der Waals surface area contributed by atoms with E-state index in [0.717, 1.165) is 89.9 Å². The number of carbonyl (C=O) groups excluding carboxylic acids is 3. The average Bonchev–Trinajstić information content (AvgIpc) is 3.17. The monoisotopic (exact) mass is 759 g/mol. The zero-order valence-electron chi connectivity index (χ0n) is 35.7. The van der Waals surface area contributed by atoms with Gasteiger partial charge < -0.3 is 14.2 Å². The molecule has 0 heterocycles. The van der Waals surface area contributed by atoms with Gasteiger partial charge in [-0.3, -0.25) is 14.4 Å². The fraction of sp³-hybridized carbons (Fsp3) is 0.812. The summed E-state index contributed by atoms with van der Waals surface area (Å²) >= 11 is 0. The van der Waals surface area contributed by atoms with Crippen LogP contribution in [-0.2, 0) is 28.6 Å². The molecule has 1 atom stereocenters. The van der Waals surface area contributed by atoms with Crippen LogP contribution in [0.1, 0.15) is 233 Å². The molecule has 1 unspecified atom stereocenters. The third-order valence-corrected chi connectivity index (χ3v) is 9.85. The summed E-state index contributed by atoms with van der Waals surface area (Å²) in [5.41, 5.74) is 0. The Balaban J connectivity index is 4.26. The van der Waals surface area contributed by atoms with Crippen LogP contribution in [0.2, 0.25) is 0 Å². The molecule has 0 amide bonds. The van der Waals surface area contributed by atoms with Gasteiger partial charge >= 0.3 is 17.9 Å². The number of esters is 3. The van der Waals surface area contributed by atoms with Gasteiger partial charge in [-0.05, 0) is 70.6 Å². The van der Waals surface area contributed by atoms with Crippen LogP contribution in [0.15, 0.2) is 36.5 Å². The summed E-state index contributed by atoms with van der Waals surface area (Å²) in [6.45, 7) is 6.49. The van der Waals surface area contributed by atoms with Gasteiger partial charge in [0, 0.05) is 19.3 Å². The van der Waals surface area contributed by atoms with Crippen molar-refractivity contribution >= 4 is 17.9 Å². The number of allylic oxidation sites excluding steroid dienone is 6. The number of hydrogen-bond donors (Lipinski definition) is 0. The quantitative estimate of drug-likeness (QED) is 0.0267. The number of ether oxygens (including phenoxy) is 3. The van der Waals surface area contributed by atoms with Gasteiger partial charge in [0.1, 0.15) is 13.2 Å². The van der Waals surface area contributed by atoms with Gasteiger partial charge in [0.15, 0.2) is 6.10 Å². The first-order chi connectivity index (χ1) is 26.5. The number of rotatable bonds is 41. The maximum absolute atomic E-state index is 12.7. The van der Waals surface area contributed by atoms with E-state index in [-0.39, 0.29) is 31.1 Å². The van der Waals surface area contributed by atoms with Gasteiger partial charge in [0.25, 0.3) is 0 Å². The summed E-state index contributed by atoms with van der Waals surface area (Å²) in [6, 6.07) is 0. The largest absolute Gasteiger partial charge is 0.462 e. The highest BCUT2D eigenvalue weighted by Crippen LogP contribution is 2.14. The highest BCUT2D eigenvalue weighted by Gasteiger charge is 2.19. The predicted octanol–water partition coefficient (Wildman–Crippen LogP) is 14.6. The van der Waals surface area contributed by atoms with Crippen molar-refractivity contribution in [3.63, 3.8) is 0 Å². The lowest BCUT2D eigenvalue weighted by molar-refractivity contribution is -0.167. The van der Waals surface area contributed by atoms with Gasteiger partial charge in [-0.25, -0.2) is 0 Å². The molecule has 0 aromatic rings. The van der Waals surface area contributed by atoms with E-state index in [1.54, 1.807) is 0 Å². The molecule has 314 valence electrons. The number of unbranched alkanes of at least 4 members (excludes halogenated alkanes) is 24. The summed E-state index contributed by atoms with van der Waals surface area (Å²) in [6.07, 6.45) is 48.6. The van der Waals surface area contributed by atoms with Gasteiger partial charge in [-0.15, -0.1) is 0 Å². The molecule has 6 nitrogen and oxygen atoms in total. The van der Waals surface area contributed by atoms with Crippen molar-refractivity contribution in [2.75, 3.05) is 13.2 Å². The molecule has 0 spiro atoms. The van der Waals surface area contributed by atoms with E-state index in [1.165, 1.54) is 103 Å². The Morgan fingerprint density at radius 2 is 0.704 bits per heavy atom. The fourth-order valence-electron chi connectivity index (χ4n) is 6.36. The maximum Gasteiger partial charge on any atom is 0.306 e. The second-order valence-corrected chi connectivity index (χ2v) is 15.3. The van der Waals surface area contributed by atoms with Gasteiger partial charge in [0.2, 0.25) is 0 Å². The minimum atomic E-state index is -0.774. The first kappa shape index (κ1) is 51.6. The zero-order chi connectivity index (χ0) is 39.4.